The summed E-state index contributed by atoms with van der Waals surface area (Å²) in [6.45, 7) is 0.739. The smallest absolute Gasteiger partial charge is 0.234 e. The first-order chi connectivity index (χ1) is 10.7. The highest BCUT2D eigenvalue weighted by molar-refractivity contribution is 8.01. The van der Waals surface area contributed by atoms with Gasteiger partial charge in [-0.05, 0) is 24.6 Å². The number of aromatic nitrogens is 2. The maximum Gasteiger partial charge on any atom is 0.234 e. The number of nitrogens with one attached hydrogen (secondary N) is 1. The molecule has 0 saturated carbocycles. The Bertz CT molecular complexity index is 675. The van der Waals surface area contributed by atoms with Crippen LogP contribution in [0.15, 0.2) is 34.1 Å². The number of nitrogens with zero attached hydrogens (tertiary/aromatic N) is 3. The average Bonchev–Trinajstić information content (AvgIpc) is 3.16. The van der Waals surface area contributed by atoms with Crippen molar-refractivity contribution >= 4 is 46.3 Å². The van der Waals surface area contributed by atoms with E-state index < -0.39 is 0 Å². The molecule has 1 saturated heterocycles. The number of hydrogen-bond donors (Lipinski definition) is 1. The summed E-state index contributed by atoms with van der Waals surface area (Å²) in [6.07, 6.45) is 1.48. The Morgan fingerprint density at radius 1 is 1.45 bits per heavy atom. The number of rotatable bonds is 5. The third-order valence-electron chi connectivity index (χ3n) is 3.18. The van der Waals surface area contributed by atoms with Gasteiger partial charge in [0.15, 0.2) is 4.34 Å². The van der Waals surface area contributed by atoms with Gasteiger partial charge in [0.05, 0.1) is 5.75 Å². The van der Waals surface area contributed by atoms with Crippen LogP contribution in [0.3, 0.4) is 0 Å². The molecule has 1 aliphatic rings. The Labute approximate surface area is 135 Å². The Kier molecular flexibility index (Phi) is 4.69. The number of thioether (sulfide) groups is 1. The SMILES string of the molecule is O=C(CSc1nncs1)Nc1cccc(N2CCCC2=O)c1. The van der Waals surface area contributed by atoms with Crippen LogP contribution in [0.5, 0.6) is 0 Å². The van der Waals surface area contributed by atoms with Crippen molar-refractivity contribution in [3.8, 4) is 0 Å². The lowest BCUT2D eigenvalue weighted by molar-refractivity contribution is -0.117. The first-order valence-corrected chi connectivity index (χ1v) is 8.68. The summed E-state index contributed by atoms with van der Waals surface area (Å²) in [6, 6.07) is 7.37. The summed E-state index contributed by atoms with van der Waals surface area (Å²) >= 11 is 2.76. The van der Waals surface area contributed by atoms with Crippen LogP contribution < -0.4 is 10.2 Å². The molecule has 0 atom stereocenters. The van der Waals surface area contributed by atoms with E-state index in [4.69, 9.17) is 0 Å². The Morgan fingerprint density at radius 2 is 2.36 bits per heavy atom. The second kappa shape index (κ2) is 6.89. The van der Waals surface area contributed by atoms with Crippen LogP contribution in [0.1, 0.15) is 12.8 Å². The van der Waals surface area contributed by atoms with Crippen molar-refractivity contribution < 1.29 is 9.59 Å². The fourth-order valence-corrected chi connectivity index (χ4v) is 3.51. The molecule has 0 spiro atoms. The molecule has 0 bridgehead atoms. The maximum atomic E-state index is 11.9. The average molecular weight is 334 g/mol. The van der Waals surface area contributed by atoms with Crippen LogP contribution >= 0.6 is 23.1 Å². The summed E-state index contributed by atoms with van der Waals surface area (Å²) in [5.41, 5.74) is 3.16. The van der Waals surface area contributed by atoms with Crippen molar-refractivity contribution in [2.45, 2.75) is 17.2 Å². The van der Waals surface area contributed by atoms with Gasteiger partial charge in [0.25, 0.3) is 0 Å². The van der Waals surface area contributed by atoms with Gasteiger partial charge in [0.2, 0.25) is 11.8 Å². The molecule has 1 fully saturated rings. The van der Waals surface area contributed by atoms with E-state index in [-0.39, 0.29) is 17.6 Å². The number of carbonyl (C=O) groups is 2. The molecule has 1 N–H and O–H groups in total. The van der Waals surface area contributed by atoms with Gasteiger partial charge in [-0.3, -0.25) is 9.59 Å². The van der Waals surface area contributed by atoms with Crippen LogP contribution in [0, 0.1) is 0 Å². The van der Waals surface area contributed by atoms with Crippen LogP contribution in [-0.2, 0) is 9.59 Å². The summed E-state index contributed by atoms with van der Waals surface area (Å²) in [7, 11) is 0. The van der Waals surface area contributed by atoms with Gasteiger partial charge in [-0.1, -0.05) is 29.2 Å². The van der Waals surface area contributed by atoms with Crippen LogP contribution in [0.4, 0.5) is 11.4 Å². The topological polar surface area (TPSA) is 75.2 Å². The molecule has 1 aromatic carbocycles. The summed E-state index contributed by atoms with van der Waals surface area (Å²) < 4.78 is 0.770. The van der Waals surface area contributed by atoms with Crippen molar-refractivity contribution in [3.63, 3.8) is 0 Å². The lowest BCUT2D eigenvalue weighted by Crippen LogP contribution is -2.23. The largest absolute Gasteiger partial charge is 0.325 e. The zero-order valence-corrected chi connectivity index (χ0v) is 13.3. The molecule has 114 valence electrons. The summed E-state index contributed by atoms with van der Waals surface area (Å²) in [5.74, 6) is 0.308. The van der Waals surface area contributed by atoms with Gasteiger partial charge >= 0.3 is 0 Å². The highest BCUT2D eigenvalue weighted by Crippen LogP contribution is 2.24. The zero-order chi connectivity index (χ0) is 15.4. The lowest BCUT2D eigenvalue weighted by atomic mass is 10.2. The van der Waals surface area contributed by atoms with Crippen molar-refractivity contribution in [3.05, 3.63) is 29.8 Å². The molecule has 3 rings (SSSR count). The second-order valence-corrected chi connectivity index (χ2v) is 6.80. The monoisotopic (exact) mass is 334 g/mol. The van der Waals surface area contributed by atoms with E-state index in [1.807, 2.05) is 24.3 Å². The van der Waals surface area contributed by atoms with Gasteiger partial charge < -0.3 is 10.2 Å². The van der Waals surface area contributed by atoms with E-state index in [9.17, 15) is 9.59 Å². The quantitative estimate of drug-likeness (QED) is 0.850. The normalized spacial score (nSPS) is 14.4. The Balaban J connectivity index is 1.60. The van der Waals surface area contributed by atoms with Gasteiger partial charge in [0.1, 0.15) is 5.51 Å². The van der Waals surface area contributed by atoms with Crippen molar-refractivity contribution in [1.82, 2.24) is 10.2 Å². The zero-order valence-electron chi connectivity index (χ0n) is 11.7. The molecule has 1 aliphatic heterocycles. The fourth-order valence-electron chi connectivity index (χ4n) is 2.22. The molecule has 2 heterocycles. The molecule has 2 aromatic rings. The summed E-state index contributed by atoms with van der Waals surface area (Å²) in [5, 5.41) is 10.4. The van der Waals surface area contributed by atoms with Crippen LogP contribution in [0.25, 0.3) is 0 Å². The maximum absolute atomic E-state index is 11.9. The number of hydrogen-bond acceptors (Lipinski definition) is 6. The first kappa shape index (κ1) is 15.0. The van der Waals surface area contributed by atoms with Gasteiger partial charge in [-0.25, -0.2) is 0 Å². The second-order valence-electron chi connectivity index (χ2n) is 4.74. The Hall–Kier alpha value is -1.93. The van der Waals surface area contributed by atoms with Gasteiger partial charge in [-0.2, -0.15) is 0 Å². The van der Waals surface area contributed by atoms with Crippen LogP contribution in [0.2, 0.25) is 0 Å². The molecule has 6 nitrogen and oxygen atoms in total. The highest BCUT2D eigenvalue weighted by Gasteiger charge is 2.21. The molecule has 22 heavy (non-hydrogen) atoms. The molecular formula is C14H14N4O2S2. The van der Waals surface area contributed by atoms with Crippen LogP contribution in [-0.4, -0.2) is 34.3 Å². The van der Waals surface area contributed by atoms with Gasteiger partial charge in [0, 0.05) is 24.3 Å². The predicted molar refractivity (Wildman–Crippen MR) is 87.3 cm³/mol. The number of carbonyl (C=O) groups excluding carboxylic acids is 2. The minimum atomic E-state index is -0.106. The number of amides is 2. The molecule has 0 radical (unpaired) electrons. The Morgan fingerprint density at radius 3 is 3.09 bits per heavy atom. The molecule has 0 unspecified atom stereocenters. The lowest BCUT2D eigenvalue weighted by Gasteiger charge is -2.16. The molecule has 0 aliphatic carbocycles. The van der Waals surface area contributed by atoms with Crippen molar-refractivity contribution in [1.29, 1.82) is 0 Å². The standard InChI is InChI=1S/C14H14N4O2S2/c19-12(8-21-14-17-15-9-22-14)16-10-3-1-4-11(7-10)18-6-2-5-13(18)20/h1,3-4,7,9H,2,5-6,8H2,(H,16,19). The van der Waals surface area contributed by atoms with E-state index in [2.05, 4.69) is 15.5 Å². The van der Waals surface area contributed by atoms with Gasteiger partial charge in [-0.15, -0.1) is 10.2 Å². The van der Waals surface area contributed by atoms with E-state index in [0.29, 0.717) is 12.1 Å². The predicted octanol–water partition coefficient (Wildman–Crippen LogP) is 2.40. The van der Waals surface area contributed by atoms with Crippen molar-refractivity contribution in [2.24, 2.45) is 0 Å². The fraction of sp³-hybridized carbons (Fsp3) is 0.286. The van der Waals surface area contributed by atoms with Crippen molar-refractivity contribution in [2.75, 3.05) is 22.5 Å². The van der Waals surface area contributed by atoms with E-state index in [1.54, 1.807) is 10.4 Å². The highest BCUT2D eigenvalue weighted by atomic mass is 32.2. The third kappa shape index (κ3) is 3.63. The minimum Gasteiger partial charge on any atom is -0.325 e. The third-order valence-corrected chi connectivity index (χ3v) is 5.04. The van der Waals surface area contributed by atoms with E-state index in [0.717, 1.165) is 23.0 Å². The van der Waals surface area contributed by atoms with E-state index >= 15 is 0 Å². The number of anilines is 2. The first-order valence-electron chi connectivity index (χ1n) is 6.81. The molecule has 8 heteroatoms. The number of benzene rings is 1. The van der Waals surface area contributed by atoms with E-state index in [1.165, 1.54) is 23.1 Å². The minimum absolute atomic E-state index is 0.106. The molecule has 2 amide bonds. The summed E-state index contributed by atoms with van der Waals surface area (Å²) in [4.78, 5) is 25.5. The molecular weight excluding hydrogens is 320 g/mol. The molecule has 1 aromatic heterocycles.